The number of rotatable bonds is 3. The van der Waals surface area contributed by atoms with Crippen LogP contribution >= 0.6 is 11.3 Å². The zero-order chi connectivity index (χ0) is 17.3. The van der Waals surface area contributed by atoms with Gasteiger partial charge in [0.2, 0.25) is 0 Å². The van der Waals surface area contributed by atoms with Gasteiger partial charge in [0.25, 0.3) is 5.91 Å². The lowest BCUT2D eigenvalue weighted by Crippen LogP contribution is -2.17. The highest BCUT2D eigenvalue weighted by atomic mass is 32.1. The standard InChI is InChI=1S/C16H12F3N3OS/c1-20-15(23)10-4-6-11(7-5-10)22-12(13-3-2-8-24-13)9-14(21-22)16(17,18)19/h2-9H,1H3,(H,20,23). The van der Waals surface area contributed by atoms with Crippen LogP contribution in [0.5, 0.6) is 0 Å². The molecule has 0 spiro atoms. The van der Waals surface area contributed by atoms with E-state index in [4.69, 9.17) is 0 Å². The number of aromatic nitrogens is 2. The van der Waals surface area contributed by atoms with Crippen molar-refractivity contribution < 1.29 is 18.0 Å². The third-order valence-electron chi connectivity index (χ3n) is 3.37. The predicted molar refractivity (Wildman–Crippen MR) is 85.3 cm³/mol. The van der Waals surface area contributed by atoms with Crippen molar-refractivity contribution in [3.05, 3.63) is 59.1 Å². The molecule has 0 aliphatic heterocycles. The van der Waals surface area contributed by atoms with Crippen molar-refractivity contribution in [3.63, 3.8) is 0 Å². The number of alkyl halides is 3. The molecular formula is C16H12F3N3OS. The smallest absolute Gasteiger partial charge is 0.355 e. The summed E-state index contributed by atoms with van der Waals surface area (Å²) >= 11 is 1.33. The van der Waals surface area contributed by atoms with Gasteiger partial charge >= 0.3 is 6.18 Å². The van der Waals surface area contributed by atoms with Crippen LogP contribution in [0.3, 0.4) is 0 Å². The second-order valence-electron chi connectivity index (χ2n) is 4.93. The van der Waals surface area contributed by atoms with Gasteiger partial charge in [-0.3, -0.25) is 4.79 Å². The molecule has 0 radical (unpaired) electrons. The molecule has 0 fully saturated rings. The SMILES string of the molecule is CNC(=O)c1ccc(-n2nc(C(F)(F)F)cc2-c2cccs2)cc1. The summed E-state index contributed by atoms with van der Waals surface area (Å²) in [6, 6.07) is 10.7. The number of nitrogens with zero attached hydrogens (tertiary/aromatic N) is 2. The first-order chi connectivity index (χ1) is 11.4. The Labute approximate surface area is 139 Å². The molecule has 3 aromatic rings. The average molecular weight is 351 g/mol. The quantitative estimate of drug-likeness (QED) is 0.776. The molecule has 0 atom stereocenters. The van der Waals surface area contributed by atoms with E-state index in [2.05, 4.69) is 10.4 Å². The van der Waals surface area contributed by atoms with Crippen LogP contribution in [0.15, 0.2) is 47.8 Å². The average Bonchev–Trinajstić information content (AvgIpc) is 3.22. The fourth-order valence-corrected chi connectivity index (χ4v) is 2.94. The van der Waals surface area contributed by atoms with E-state index in [0.717, 1.165) is 6.07 Å². The van der Waals surface area contributed by atoms with Gasteiger partial charge in [0.05, 0.1) is 16.3 Å². The lowest BCUT2D eigenvalue weighted by Gasteiger charge is -2.07. The molecule has 1 amide bonds. The van der Waals surface area contributed by atoms with Crippen LogP contribution in [0.2, 0.25) is 0 Å². The summed E-state index contributed by atoms with van der Waals surface area (Å²) in [6.07, 6.45) is -4.53. The number of benzene rings is 1. The largest absolute Gasteiger partial charge is 0.435 e. The van der Waals surface area contributed by atoms with Crippen LogP contribution in [-0.4, -0.2) is 22.7 Å². The first kappa shape index (κ1) is 16.3. The summed E-state index contributed by atoms with van der Waals surface area (Å²) in [5.41, 5.74) is 0.259. The first-order valence-electron chi connectivity index (χ1n) is 6.94. The van der Waals surface area contributed by atoms with E-state index in [1.54, 1.807) is 41.8 Å². The van der Waals surface area contributed by atoms with Crippen molar-refractivity contribution in [1.29, 1.82) is 0 Å². The summed E-state index contributed by atoms with van der Waals surface area (Å²) in [5, 5.41) is 7.98. The maximum Gasteiger partial charge on any atom is 0.435 e. The Kier molecular flexibility index (Phi) is 4.15. The number of amides is 1. The van der Waals surface area contributed by atoms with Crippen LogP contribution in [-0.2, 0) is 6.18 Å². The van der Waals surface area contributed by atoms with E-state index in [-0.39, 0.29) is 5.91 Å². The van der Waals surface area contributed by atoms with Crippen molar-refractivity contribution in [2.24, 2.45) is 0 Å². The van der Waals surface area contributed by atoms with Gasteiger partial charge in [0.15, 0.2) is 5.69 Å². The van der Waals surface area contributed by atoms with Crippen molar-refractivity contribution in [2.45, 2.75) is 6.18 Å². The highest BCUT2D eigenvalue weighted by molar-refractivity contribution is 7.13. The molecule has 124 valence electrons. The topological polar surface area (TPSA) is 46.9 Å². The Balaban J connectivity index is 2.09. The van der Waals surface area contributed by atoms with Gasteiger partial charge in [-0.15, -0.1) is 11.3 Å². The van der Waals surface area contributed by atoms with Crippen molar-refractivity contribution >= 4 is 17.2 Å². The normalized spacial score (nSPS) is 11.5. The van der Waals surface area contributed by atoms with E-state index in [9.17, 15) is 18.0 Å². The monoisotopic (exact) mass is 351 g/mol. The molecule has 8 heteroatoms. The molecule has 0 bridgehead atoms. The number of thiophene rings is 1. The molecular weight excluding hydrogens is 339 g/mol. The number of hydrogen-bond acceptors (Lipinski definition) is 3. The minimum Gasteiger partial charge on any atom is -0.355 e. The van der Waals surface area contributed by atoms with Gasteiger partial charge in [-0.25, -0.2) is 4.68 Å². The van der Waals surface area contributed by atoms with Gasteiger partial charge < -0.3 is 5.32 Å². The lowest BCUT2D eigenvalue weighted by atomic mass is 10.2. The molecule has 0 saturated heterocycles. The van der Waals surface area contributed by atoms with Crippen LogP contribution in [0, 0.1) is 0 Å². The number of halogens is 3. The molecule has 4 nitrogen and oxygen atoms in total. The van der Waals surface area contributed by atoms with Crippen molar-refractivity contribution in [3.8, 4) is 16.3 Å². The van der Waals surface area contributed by atoms with Crippen molar-refractivity contribution in [2.75, 3.05) is 7.05 Å². The Morgan fingerprint density at radius 2 is 1.92 bits per heavy atom. The maximum absolute atomic E-state index is 13.0. The molecule has 0 aliphatic rings. The number of hydrogen-bond donors (Lipinski definition) is 1. The van der Waals surface area contributed by atoms with Gasteiger partial charge in [-0.05, 0) is 41.8 Å². The highest BCUT2D eigenvalue weighted by Crippen LogP contribution is 2.34. The number of carbonyl (C=O) groups excluding carboxylic acids is 1. The predicted octanol–water partition coefficient (Wildman–Crippen LogP) is 3.98. The summed E-state index contributed by atoms with van der Waals surface area (Å²) in [6.45, 7) is 0. The zero-order valence-electron chi connectivity index (χ0n) is 12.5. The summed E-state index contributed by atoms with van der Waals surface area (Å²) in [7, 11) is 1.51. The third-order valence-corrected chi connectivity index (χ3v) is 4.27. The molecule has 3 rings (SSSR count). The molecule has 0 saturated carbocycles. The van der Waals surface area contributed by atoms with Crippen LogP contribution in [0.4, 0.5) is 13.2 Å². The lowest BCUT2D eigenvalue weighted by molar-refractivity contribution is -0.141. The van der Waals surface area contributed by atoms with Crippen LogP contribution in [0.25, 0.3) is 16.3 Å². The first-order valence-corrected chi connectivity index (χ1v) is 7.82. The second kappa shape index (κ2) is 6.12. The Hall–Kier alpha value is -2.61. The van der Waals surface area contributed by atoms with E-state index >= 15 is 0 Å². The minimum absolute atomic E-state index is 0.267. The molecule has 0 unspecified atom stereocenters. The van der Waals surface area contributed by atoms with Gasteiger partial charge in [-0.1, -0.05) is 6.07 Å². The van der Waals surface area contributed by atoms with Gasteiger partial charge in [0, 0.05) is 12.6 Å². The molecule has 2 aromatic heterocycles. The molecule has 1 N–H and O–H groups in total. The Morgan fingerprint density at radius 1 is 1.21 bits per heavy atom. The van der Waals surface area contributed by atoms with Crippen LogP contribution < -0.4 is 5.32 Å². The van der Waals surface area contributed by atoms with E-state index < -0.39 is 11.9 Å². The molecule has 2 heterocycles. The maximum atomic E-state index is 13.0. The Bertz CT molecular complexity index is 852. The number of carbonyl (C=O) groups is 1. The summed E-state index contributed by atoms with van der Waals surface area (Å²) in [4.78, 5) is 12.2. The van der Waals surface area contributed by atoms with E-state index in [1.807, 2.05) is 0 Å². The minimum atomic E-state index is -4.53. The fraction of sp³-hybridized carbons (Fsp3) is 0.125. The third kappa shape index (κ3) is 3.05. The van der Waals surface area contributed by atoms with Gasteiger partial charge in [0.1, 0.15) is 0 Å². The molecule has 0 aliphatic carbocycles. The van der Waals surface area contributed by atoms with Crippen LogP contribution in [0.1, 0.15) is 16.1 Å². The summed E-state index contributed by atoms with van der Waals surface area (Å²) < 4.78 is 40.3. The highest BCUT2D eigenvalue weighted by Gasteiger charge is 2.35. The summed E-state index contributed by atoms with van der Waals surface area (Å²) in [5.74, 6) is -0.267. The molecule has 1 aromatic carbocycles. The van der Waals surface area contributed by atoms with Gasteiger partial charge in [-0.2, -0.15) is 18.3 Å². The number of nitrogens with one attached hydrogen (secondary N) is 1. The van der Waals surface area contributed by atoms with E-state index in [1.165, 1.54) is 23.1 Å². The fourth-order valence-electron chi connectivity index (χ4n) is 2.21. The van der Waals surface area contributed by atoms with Crippen molar-refractivity contribution in [1.82, 2.24) is 15.1 Å². The zero-order valence-corrected chi connectivity index (χ0v) is 13.3. The molecule has 24 heavy (non-hydrogen) atoms. The Morgan fingerprint density at radius 3 is 2.46 bits per heavy atom. The second-order valence-corrected chi connectivity index (χ2v) is 5.88. The van der Waals surface area contributed by atoms with E-state index in [0.29, 0.717) is 21.8 Å².